The Morgan fingerprint density at radius 2 is 1.66 bits per heavy atom. The second-order valence-corrected chi connectivity index (χ2v) is 10.7. The number of carbonyl (C=O) groups excluding carboxylic acids is 3. The van der Waals surface area contributed by atoms with Crippen molar-refractivity contribution in [3.8, 4) is 11.5 Å². The molecule has 0 aliphatic heterocycles. The van der Waals surface area contributed by atoms with Crippen molar-refractivity contribution < 1.29 is 18.8 Å². The Bertz CT molecular complexity index is 1460. The molecular weight excluding hydrogens is 522 g/mol. The SMILES string of the molecule is CC(=O)Nc1ccc(-c2nnc(SCC(=O)Nc3sc4c(c3C(=O)Nc3ccccc3)CCCC4)o2)cc1. The summed E-state index contributed by atoms with van der Waals surface area (Å²) in [6.45, 7) is 1.44. The number of nitrogens with one attached hydrogen (secondary N) is 3. The van der Waals surface area contributed by atoms with E-state index in [1.54, 1.807) is 24.3 Å². The van der Waals surface area contributed by atoms with Crippen LogP contribution in [0, 0.1) is 0 Å². The second kappa shape index (κ2) is 11.6. The first-order valence-corrected chi connectivity index (χ1v) is 13.9. The van der Waals surface area contributed by atoms with Crippen LogP contribution in [-0.2, 0) is 22.4 Å². The Morgan fingerprint density at radius 3 is 2.42 bits per heavy atom. The number of thioether (sulfide) groups is 1. The van der Waals surface area contributed by atoms with Gasteiger partial charge in [-0.3, -0.25) is 14.4 Å². The molecule has 0 saturated heterocycles. The Hall–Kier alpha value is -3.96. The number of thiophene rings is 1. The lowest BCUT2D eigenvalue weighted by atomic mass is 9.95. The van der Waals surface area contributed by atoms with Crippen molar-refractivity contribution in [2.45, 2.75) is 37.8 Å². The lowest BCUT2D eigenvalue weighted by Crippen LogP contribution is -2.19. The van der Waals surface area contributed by atoms with E-state index in [4.69, 9.17) is 4.42 Å². The Balaban J connectivity index is 1.24. The zero-order valence-corrected chi connectivity index (χ0v) is 22.2. The van der Waals surface area contributed by atoms with Gasteiger partial charge in [0.05, 0.1) is 11.3 Å². The molecule has 0 unspecified atom stereocenters. The number of anilines is 3. The normalized spacial score (nSPS) is 12.4. The molecule has 1 aliphatic rings. The lowest BCUT2D eigenvalue weighted by Gasteiger charge is -2.13. The highest BCUT2D eigenvalue weighted by atomic mass is 32.2. The van der Waals surface area contributed by atoms with Crippen LogP contribution >= 0.6 is 23.1 Å². The molecule has 4 aromatic rings. The van der Waals surface area contributed by atoms with Crippen LogP contribution < -0.4 is 16.0 Å². The van der Waals surface area contributed by atoms with Gasteiger partial charge in [0.25, 0.3) is 11.1 Å². The lowest BCUT2D eigenvalue weighted by molar-refractivity contribution is -0.114. The Labute approximate surface area is 227 Å². The number of carbonyl (C=O) groups is 3. The van der Waals surface area contributed by atoms with Crippen LogP contribution in [-0.4, -0.2) is 33.7 Å². The van der Waals surface area contributed by atoms with Crippen molar-refractivity contribution >= 4 is 57.2 Å². The molecule has 0 saturated carbocycles. The van der Waals surface area contributed by atoms with Crippen LogP contribution in [0.2, 0.25) is 0 Å². The van der Waals surface area contributed by atoms with E-state index in [1.807, 2.05) is 30.3 Å². The molecule has 11 heteroatoms. The quantitative estimate of drug-likeness (QED) is 0.245. The van der Waals surface area contributed by atoms with Crippen molar-refractivity contribution in [2.24, 2.45) is 0 Å². The molecule has 2 aromatic carbocycles. The largest absolute Gasteiger partial charge is 0.411 e. The number of fused-ring (bicyclic) bond motifs is 1. The van der Waals surface area contributed by atoms with E-state index in [0.717, 1.165) is 47.9 Å². The summed E-state index contributed by atoms with van der Waals surface area (Å²) in [4.78, 5) is 38.4. The number of aryl methyl sites for hydroxylation is 1. The van der Waals surface area contributed by atoms with Crippen LogP contribution in [0.25, 0.3) is 11.5 Å². The Kier molecular flexibility index (Phi) is 7.85. The molecule has 0 atom stereocenters. The van der Waals surface area contributed by atoms with Crippen molar-refractivity contribution in [3.63, 3.8) is 0 Å². The van der Waals surface area contributed by atoms with Crippen LogP contribution in [0.1, 0.15) is 40.6 Å². The summed E-state index contributed by atoms with van der Waals surface area (Å²) in [7, 11) is 0. The second-order valence-electron chi connectivity index (χ2n) is 8.70. The summed E-state index contributed by atoms with van der Waals surface area (Å²) >= 11 is 2.60. The smallest absolute Gasteiger partial charge is 0.277 e. The van der Waals surface area contributed by atoms with Gasteiger partial charge < -0.3 is 20.4 Å². The molecule has 2 aromatic heterocycles. The zero-order valence-electron chi connectivity index (χ0n) is 20.6. The molecule has 0 radical (unpaired) electrons. The van der Waals surface area contributed by atoms with Crippen LogP contribution in [0.4, 0.5) is 16.4 Å². The zero-order chi connectivity index (χ0) is 26.5. The monoisotopic (exact) mass is 547 g/mol. The molecule has 0 fully saturated rings. The fourth-order valence-corrected chi connectivity index (χ4v) is 6.05. The van der Waals surface area contributed by atoms with Gasteiger partial charge in [0.1, 0.15) is 5.00 Å². The molecule has 3 amide bonds. The maximum absolute atomic E-state index is 13.2. The molecule has 38 heavy (non-hydrogen) atoms. The van der Waals surface area contributed by atoms with Gasteiger partial charge in [0, 0.05) is 28.7 Å². The predicted octanol–water partition coefficient (Wildman–Crippen LogP) is 5.62. The van der Waals surface area contributed by atoms with E-state index in [0.29, 0.717) is 33.4 Å². The van der Waals surface area contributed by atoms with E-state index >= 15 is 0 Å². The third-order valence-electron chi connectivity index (χ3n) is 5.87. The third kappa shape index (κ3) is 6.12. The highest BCUT2D eigenvalue weighted by Gasteiger charge is 2.26. The first kappa shape index (κ1) is 25.7. The predicted molar refractivity (Wildman–Crippen MR) is 149 cm³/mol. The van der Waals surface area contributed by atoms with Gasteiger partial charge >= 0.3 is 0 Å². The summed E-state index contributed by atoms with van der Waals surface area (Å²) in [5.41, 5.74) is 3.65. The molecular formula is C27H25N5O4S2. The van der Waals surface area contributed by atoms with Gasteiger partial charge in [-0.1, -0.05) is 30.0 Å². The van der Waals surface area contributed by atoms with Crippen molar-refractivity contribution in [3.05, 3.63) is 70.6 Å². The van der Waals surface area contributed by atoms with Crippen LogP contribution in [0.5, 0.6) is 0 Å². The number of benzene rings is 2. The van der Waals surface area contributed by atoms with E-state index in [2.05, 4.69) is 26.1 Å². The Morgan fingerprint density at radius 1 is 0.921 bits per heavy atom. The summed E-state index contributed by atoms with van der Waals surface area (Å²) in [6.07, 6.45) is 3.83. The molecule has 194 valence electrons. The van der Waals surface area contributed by atoms with E-state index < -0.39 is 0 Å². The molecule has 0 bridgehead atoms. The maximum Gasteiger partial charge on any atom is 0.277 e. The highest BCUT2D eigenvalue weighted by Crippen LogP contribution is 2.38. The molecule has 9 nitrogen and oxygen atoms in total. The standard InChI is InChI=1S/C27H25N5O4S2/c1-16(33)28-19-13-11-17(12-14-19)25-31-32-27(36-25)37-15-22(34)30-26-23(20-9-5-6-10-21(20)38-26)24(35)29-18-7-3-2-4-8-18/h2-4,7-8,11-14H,5-6,9-10,15H2,1H3,(H,28,33)(H,29,35)(H,30,34). The average molecular weight is 548 g/mol. The topological polar surface area (TPSA) is 126 Å². The number of hydrogen-bond donors (Lipinski definition) is 3. The maximum atomic E-state index is 13.2. The van der Waals surface area contributed by atoms with E-state index in [1.165, 1.54) is 18.3 Å². The number of amides is 3. The number of hydrogen-bond acceptors (Lipinski definition) is 8. The van der Waals surface area contributed by atoms with E-state index in [9.17, 15) is 14.4 Å². The molecule has 5 rings (SSSR count). The first-order valence-electron chi connectivity index (χ1n) is 12.1. The van der Waals surface area contributed by atoms with Gasteiger partial charge in [0.2, 0.25) is 17.7 Å². The molecule has 2 heterocycles. The number of nitrogens with zero attached hydrogens (tertiary/aromatic N) is 2. The van der Waals surface area contributed by atoms with Crippen molar-refractivity contribution in [1.29, 1.82) is 0 Å². The third-order valence-corrected chi connectivity index (χ3v) is 7.89. The van der Waals surface area contributed by atoms with Gasteiger partial charge in [-0.05, 0) is 67.6 Å². The minimum atomic E-state index is -0.262. The van der Waals surface area contributed by atoms with E-state index in [-0.39, 0.29) is 28.7 Å². The number of aromatic nitrogens is 2. The van der Waals surface area contributed by atoms with Crippen LogP contribution in [0.3, 0.4) is 0 Å². The molecule has 3 N–H and O–H groups in total. The summed E-state index contributed by atoms with van der Waals surface area (Å²) in [5, 5.41) is 17.5. The minimum Gasteiger partial charge on any atom is -0.411 e. The van der Waals surface area contributed by atoms with Gasteiger partial charge in [0.15, 0.2) is 0 Å². The number of rotatable bonds is 8. The fourth-order valence-electron chi connectivity index (χ4n) is 4.18. The van der Waals surface area contributed by atoms with Crippen molar-refractivity contribution in [1.82, 2.24) is 10.2 Å². The molecule has 0 spiro atoms. The highest BCUT2D eigenvalue weighted by molar-refractivity contribution is 7.99. The van der Waals surface area contributed by atoms with Gasteiger partial charge in [-0.2, -0.15) is 0 Å². The average Bonchev–Trinajstić information content (AvgIpc) is 3.53. The summed E-state index contributed by atoms with van der Waals surface area (Å²) in [6, 6.07) is 16.3. The van der Waals surface area contributed by atoms with Gasteiger partial charge in [-0.25, -0.2) is 0 Å². The fraction of sp³-hybridized carbons (Fsp3) is 0.222. The first-order chi connectivity index (χ1) is 18.5. The minimum absolute atomic E-state index is 0.0470. The number of para-hydroxylation sites is 1. The van der Waals surface area contributed by atoms with Crippen molar-refractivity contribution in [2.75, 3.05) is 21.7 Å². The van der Waals surface area contributed by atoms with Crippen LogP contribution in [0.15, 0.2) is 64.2 Å². The van der Waals surface area contributed by atoms with Gasteiger partial charge in [-0.15, -0.1) is 21.5 Å². The summed E-state index contributed by atoms with van der Waals surface area (Å²) < 4.78 is 5.70. The molecule has 1 aliphatic carbocycles. The summed E-state index contributed by atoms with van der Waals surface area (Å²) in [5.74, 6) is -0.274.